The van der Waals surface area contributed by atoms with E-state index < -0.39 is 0 Å². The summed E-state index contributed by atoms with van der Waals surface area (Å²) in [5.41, 5.74) is 2.62. The Morgan fingerprint density at radius 3 is 2.61 bits per heavy atom. The molecule has 100 valence electrons. The average Bonchev–Trinajstić information content (AvgIpc) is 3.19. The number of aryl methyl sites for hydroxylation is 1. The first kappa shape index (κ1) is 13.4. The highest BCUT2D eigenvalue weighted by Crippen LogP contribution is 2.43. The Balaban J connectivity index is 2.21. The van der Waals surface area contributed by atoms with Gasteiger partial charge in [0.2, 0.25) is 0 Å². The number of hydrogen-bond acceptors (Lipinski definition) is 2. The summed E-state index contributed by atoms with van der Waals surface area (Å²) < 4.78 is 5.34. The van der Waals surface area contributed by atoms with Crippen LogP contribution < -0.4 is 10.1 Å². The van der Waals surface area contributed by atoms with Crippen LogP contribution in [0.4, 0.5) is 0 Å². The molecule has 2 unspecified atom stereocenters. The van der Waals surface area contributed by atoms with Crippen molar-refractivity contribution in [2.75, 3.05) is 13.7 Å². The Hall–Kier alpha value is -1.02. The summed E-state index contributed by atoms with van der Waals surface area (Å²) in [7, 11) is 1.73. The van der Waals surface area contributed by atoms with Crippen molar-refractivity contribution in [2.45, 2.75) is 39.7 Å². The Kier molecular flexibility index (Phi) is 4.28. The minimum Gasteiger partial charge on any atom is -0.496 e. The molecule has 0 bridgehead atoms. The van der Waals surface area contributed by atoms with Gasteiger partial charge in [-0.2, -0.15) is 0 Å². The van der Waals surface area contributed by atoms with Gasteiger partial charge < -0.3 is 10.1 Å². The fraction of sp³-hybridized carbons (Fsp3) is 0.625. The van der Waals surface area contributed by atoms with Crippen LogP contribution in [0.3, 0.4) is 0 Å². The van der Waals surface area contributed by atoms with Crippen molar-refractivity contribution in [3.05, 3.63) is 29.3 Å². The van der Waals surface area contributed by atoms with Gasteiger partial charge in [-0.1, -0.05) is 26.0 Å². The van der Waals surface area contributed by atoms with Gasteiger partial charge in [0.1, 0.15) is 5.75 Å². The molecule has 0 aromatic heterocycles. The van der Waals surface area contributed by atoms with Crippen LogP contribution in [0, 0.1) is 18.8 Å². The van der Waals surface area contributed by atoms with E-state index in [1.807, 2.05) is 0 Å². The lowest BCUT2D eigenvalue weighted by Crippen LogP contribution is -2.28. The summed E-state index contributed by atoms with van der Waals surface area (Å²) in [6, 6.07) is 7.05. The molecule has 2 atom stereocenters. The molecule has 18 heavy (non-hydrogen) atoms. The van der Waals surface area contributed by atoms with Gasteiger partial charge in [0, 0.05) is 6.04 Å². The van der Waals surface area contributed by atoms with Crippen LogP contribution >= 0.6 is 0 Å². The second-order valence-electron chi connectivity index (χ2n) is 5.46. The molecule has 2 rings (SSSR count). The van der Waals surface area contributed by atoms with Crippen molar-refractivity contribution in [1.29, 1.82) is 0 Å². The molecule has 0 spiro atoms. The highest BCUT2D eigenvalue weighted by atomic mass is 16.5. The zero-order chi connectivity index (χ0) is 13.1. The fourth-order valence-corrected chi connectivity index (χ4v) is 2.82. The van der Waals surface area contributed by atoms with Crippen molar-refractivity contribution < 1.29 is 4.74 Å². The molecule has 0 heterocycles. The van der Waals surface area contributed by atoms with Crippen LogP contribution in [0.1, 0.15) is 43.9 Å². The molecule has 1 fully saturated rings. The maximum atomic E-state index is 5.34. The Morgan fingerprint density at radius 2 is 2.11 bits per heavy atom. The summed E-state index contributed by atoms with van der Waals surface area (Å²) in [5, 5.41) is 3.64. The van der Waals surface area contributed by atoms with E-state index in [0.29, 0.717) is 6.04 Å². The van der Waals surface area contributed by atoms with Crippen molar-refractivity contribution >= 4 is 0 Å². The van der Waals surface area contributed by atoms with E-state index in [9.17, 15) is 0 Å². The standard InChI is InChI=1S/C16H25NO/c1-5-17-16(12(3)13-6-7-13)14-8-9-15(18-4)11(2)10-14/h8-10,12-13,16-17H,5-7H2,1-4H3. The minimum absolute atomic E-state index is 0.479. The zero-order valence-electron chi connectivity index (χ0n) is 12.0. The molecular formula is C16H25NO. The number of ether oxygens (including phenoxy) is 1. The molecule has 1 aromatic carbocycles. The molecule has 1 aromatic rings. The van der Waals surface area contributed by atoms with E-state index in [0.717, 1.165) is 24.1 Å². The Morgan fingerprint density at radius 1 is 1.39 bits per heavy atom. The number of methoxy groups -OCH3 is 1. The summed E-state index contributed by atoms with van der Waals surface area (Å²) >= 11 is 0. The van der Waals surface area contributed by atoms with Gasteiger partial charge in [0.25, 0.3) is 0 Å². The minimum atomic E-state index is 0.479. The van der Waals surface area contributed by atoms with E-state index in [2.05, 4.69) is 44.3 Å². The van der Waals surface area contributed by atoms with E-state index in [-0.39, 0.29) is 0 Å². The first-order chi connectivity index (χ1) is 8.67. The quantitative estimate of drug-likeness (QED) is 0.827. The SMILES string of the molecule is CCNC(c1ccc(OC)c(C)c1)C(C)C1CC1. The van der Waals surface area contributed by atoms with E-state index >= 15 is 0 Å². The molecule has 1 aliphatic rings. The van der Waals surface area contributed by atoms with Gasteiger partial charge >= 0.3 is 0 Å². The molecule has 0 aliphatic heterocycles. The third-order valence-electron chi connectivity index (χ3n) is 4.09. The largest absolute Gasteiger partial charge is 0.496 e. The zero-order valence-corrected chi connectivity index (χ0v) is 12.0. The molecule has 1 aliphatic carbocycles. The highest BCUT2D eigenvalue weighted by molar-refractivity contribution is 5.37. The van der Waals surface area contributed by atoms with Crippen LogP contribution in [0.25, 0.3) is 0 Å². The fourth-order valence-electron chi connectivity index (χ4n) is 2.82. The second kappa shape index (κ2) is 5.75. The molecule has 2 nitrogen and oxygen atoms in total. The summed E-state index contributed by atoms with van der Waals surface area (Å²) in [6.07, 6.45) is 2.80. The molecule has 0 amide bonds. The van der Waals surface area contributed by atoms with Crippen LogP contribution in [0.2, 0.25) is 0 Å². The first-order valence-corrected chi connectivity index (χ1v) is 7.05. The maximum absolute atomic E-state index is 5.34. The number of hydrogen-bond donors (Lipinski definition) is 1. The summed E-state index contributed by atoms with van der Waals surface area (Å²) in [6.45, 7) is 7.70. The van der Waals surface area contributed by atoms with Crippen LogP contribution in [-0.2, 0) is 0 Å². The molecular weight excluding hydrogens is 222 g/mol. The number of nitrogens with one attached hydrogen (secondary N) is 1. The third kappa shape index (κ3) is 2.86. The predicted molar refractivity (Wildman–Crippen MR) is 76.0 cm³/mol. The van der Waals surface area contributed by atoms with Crippen molar-refractivity contribution in [1.82, 2.24) is 5.32 Å². The van der Waals surface area contributed by atoms with Crippen LogP contribution in [-0.4, -0.2) is 13.7 Å². The Labute approximate surface area is 111 Å². The predicted octanol–water partition coefficient (Wildman–Crippen LogP) is 3.70. The first-order valence-electron chi connectivity index (χ1n) is 7.05. The normalized spacial score (nSPS) is 18.4. The molecule has 1 N–H and O–H groups in total. The van der Waals surface area contributed by atoms with Gasteiger partial charge in [-0.3, -0.25) is 0 Å². The lowest BCUT2D eigenvalue weighted by Gasteiger charge is -2.26. The molecule has 1 saturated carbocycles. The smallest absolute Gasteiger partial charge is 0.121 e. The van der Waals surface area contributed by atoms with E-state index in [1.165, 1.54) is 24.0 Å². The van der Waals surface area contributed by atoms with Crippen LogP contribution in [0.15, 0.2) is 18.2 Å². The summed E-state index contributed by atoms with van der Waals surface area (Å²) in [4.78, 5) is 0. The molecule has 0 saturated heterocycles. The van der Waals surface area contributed by atoms with Crippen molar-refractivity contribution in [3.8, 4) is 5.75 Å². The van der Waals surface area contributed by atoms with Gasteiger partial charge in [0.05, 0.1) is 7.11 Å². The maximum Gasteiger partial charge on any atom is 0.121 e. The van der Waals surface area contributed by atoms with Gasteiger partial charge in [-0.05, 0) is 55.3 Å². The topological polar surface area (TPSA) is 21.3 Å². The average molecular weight is 247 g/mol. The molecule has 2 heteroatoms. The lowest BCUT2D eigenvalue weighted by molar-refractivity contribution is 0.354. The molecule has 0 radical (unpaired) electrons. The van der Waals surface area contributed by atoms with Crippen LogP contribution in [0.5, 0.6) is 5.75 Å². The number of benzene rings is 1. The van der Waals surface area contributed by atoms with E-state index in [4.69, 9.17) is 4.74 Å². The van der Waals surface area contributed by atoms with Gasteiger partial charge in [0.15, 0.2) is 0 Å². The van der Waals surface area contributed by atoms with Gasteiger partial charge in [-0.25, -0.2) is 0 Å². The monoisotopic (exact) mass is 247 g/mol. The summed E-state index contributed by atoms with van der Waals surface area (Å²) in [5.74, 6) is 2.61. The second-order valence-corrected chi connectivity index (χ2v) is 5.46. The van der Waals surface area contributed by atoms with Gasteiger partial charge in [-0.15, -0.1) is 0 Å². The number of rotatable bonds is 6. The Bertz CT molecular complexity index is 398. The van der Waals surface area contributed by atoms with Crippen molar-refractivity contribution in [3.63, 3.8) is 0 Å². The lowest BCUT2D eigenvalue weighted by atomic mass is 9.89. The van der Waals surface area contributed by atoms with Crippen molar-refractivity contribution in [2.24, 2.45) is 11.8 Å². The third-order valence-corrected chi connectivity index (χ3v) is 4.09. The highest BCUT2D eigenvalue weighted by Gasteiger charge is 2.33. The van der Waals surface area contributed by atoms with E-state index in [1.54, 1.807) is 7.11 Å².